The van der Waals surface area contributed by atoms with E-state index in [1.807, 2.05) is 24.3 Å². The van der Waals surface area contributed by atoms with Crippen LogP contribution in [0, 0.1) is 0 Å². The van der Waals surface area contributed by atoms with Crippen LogP contribution in [-0.2, 0) is 15.3 Å². The Labute approximate surface area is 267 Å². The molecule has 8 nitrogen and oxygen atoms in total. The number of nitrogens with zero attached hydrogens (tertiary/aromatic N) is 3. The molecule has 12 heteroatoms. The highest BCUT2D eigenvalue weighted by Crippen LogP contribution is 2.45. The third-order valence-electron chi connectivity index (χ3n) is 6.70. The first-order valence-corrected chi connectivity index (χ1v) is 15.9. The summed E-state index contributed by atoms with van der Waals surface area (Å²) in [6, 6.07) is 18.0. The number of aliphatic hydroxyl groups is 1. The summed E-state index contributed by atoms with van der Waals surface area (Å²) in [5.74, 6) is -0.417. The number of halogens is 2. The first-order valence-electron chi connectivity index (χ1n) is 13.4. The first kappa shape index (κ1) is 30.9. The second kappa shape index (κ2) is 13.8. The molecule has 1 aliphatic rings. The maximum atomic E-state index is 13.6. The van der Waals surface area contributed by atoms with Crippen LogP contribution in [0.4, 0.5) is 5.13 Å². The van der Waals surface area contributed by atoms with Crippen LogP contribution in [0.3, 0.4) is 0 Å². The van der Waals surface area contributed by atoms with Crippen molar-refractivity contribution in [3.8, 4) is 11.5 Å². The zero-order chi connectivity index (χ0) is 30.5. The lowest BCUT2D eigenvalue weighted by Gasteiger charge is -2.23. The number of anilines is 1. The zero-order valence-corrected chi connectivity index (χ0v) is 26.4. The lowest BCUT2D eigenvalue weighted by molar-refractivity contribution is -0.132. The second-order valence-corrected chi connectivity index (χ2v) is 12.6. The molecule has 1 aliphatic heterocycles. The molecular weight excluding hydrogens is 629 g/mol. The predicted octanol–water partition coefficient (Wildman–Crippen LogP) is 7.95. The highest BCUT2D eigenvalue weighted by molar-refractivity contribution is 8.00. The van der Waals surface area contributed by atoms with Gasteiger partial charge in [-0.15, -0.1) is 10.2 Å². The van der Waals surface area contributed by atoms with E-state index in [4.69, 9.17) is 32.7 Å². The molecule has 0 saturated carbocycles. The number of ether oxygens (including phenoxy) is 2. The summed E-state index contributed by atoms with van der Waals surface area (Å²) in [7, 11) is 1.52. The topological polar surface area (TPSA) is 102 Å². The Hall–Kier alpha value is -3.57. The van der Waals surface area contributed by atoms with E-state index in [1.165, 1.54) is 35.1 Å². The number of amides is 1. The van der Waals surface area contributed by atoms with E-state index < -0.39 is 17.7 Å². The summed E-state index contributed by atoms with van der Waals surface area (Å²) >= 11 is 14.7. The number of aliphatic hydroxyl groups excluding tert-OH is 1. The summed E-state index contributed by atoms with van der Waals surface area (Å²) in [6.45, 7) is 2.59. The van der Waals surface area contributed by atoms with Crippen molar-refractivity contribution in [2.45, 2.75) is 35.9 Å². The Kier molecular flexibility index (Phi) is 9.92. The molecule has 4 aromatic rings. The molecule has 1 unspecified atom stereocenters. The third-order valence-corrected chi connectivity index (χ3v) is 9.33. The van der Waals surface area contributed by atoms with Crippen molar-refractivity contribution in [2.75, 3.05) is 18.6 Å². The number of methoxy groups -OCH3 is 1. The van der Waals surface area contributed by atoms with Crippen LogP contribution < -0.4 is 14.4 Å². The third kappa shape index (κ3) is 6.83. The number of aromatic nitrogens is 2. The molecule has 3 aromatic carbocycles. The standard InChI is InChI=1S/C31H27Cl2N3O5S2/c1-3-4-15-41-23-14-9-20(16-24(23)40-2)26-25(27(37)19-7-12-22(33)13-8-19)28(38)29(39)36(26)30-34-35-31(43-30)42-17-18-5-10-21(32)11-6-18/h5-14,16,26,37H,3-4,15,17H2,1-2H3/b27-25-. The van der Waals surface area contributed by atoms with Gasteiger partial charge in [0.05, 0.1) is 25.3 Å². The second-order valence-electron chi connectivity index (χ2n) is 9.55. The molecule has 5 rings (SSSR count). The van der Waals surface area contributed by atoms with E-state index in [-0.39, 0.29) is 16.5 Å². The largest absolute Gasteiger partial charge is 0.507 e. The molecule has 1 atom stereocenters. The first-order chi connectivity index (χ1) is 20.8. The molecule has 1 amide bonds. The maximum Gasteiger partial charge on any atom is 0.301 e. The van der Waals surface area contributed by atoms with Gasteiger partial charge in [0, 0.05) is 21.4 Å². The summed E-state index contributed by atoms with van der Waals surface area (Å²) in [5.41, 5.74) is 1.83. The fourth-order valence-corrected chi connectivity index (χ4v) is 6.57. The molecular formula is C31H27Cl2N3O5S2. The number of hydrogen-bond donors (Lipinski definition) is 1. The van der Waals surface area contributed by atoms with Gasteiger partial charge in [-0.1, -0.05) is 77.8 Å². The zero-order valence-electron chi connectivity index (χ0n) is 23.3. The highest BCUT2D eigenvalue weighted by atomic mass is 35.5. The molecule has 0 spiro atoms. The monoisotopic (exact) mass is 655 g/mol. The number of carbonyl (C=O) groups excluding carboxylic acids is 2. The minimum Gasteiger partial charge on any atom is -0.507 e. The SMILES string of the molecule is CCCCOc1ccc(C2/C(=C(/O)c3ccc(Cl)cc3)C(=O)C(=O)N2c2nnc(SCc3ccc(Cl)cc3)s2)cc1OC. The quantitative estimate of drug-likeness (QED) is 0.0434. The van der Waals surface area contributed by atoms with E-state index in [2.05, 4.69) is 17.1 Å². The maximum absolute atomic E-state index is 13.6. The molecule has 2 heterocycles. The van der Waals surface area contributed by atoms with Crippen molar-refractivity contribution in [3.63, 3.8) is 0 Å². The van der Waals surface area contributed by atoms with Gasteiger partial charge in [-0.25, -0.2) is 0 Å². The number of benzene rings is 3. The molecule has 0 aliphatic carbocycles. The Morgan fingerprint density at radius 2 is 1.70 bits per heavy atom. The molecule has 1 fully saturated rings. The van der Waals surface area contributed by atoms with Crippen molar-refractivity contribution in [1.82, 2.24) is 10.2 Å². The van der Waals surface area contributed by atoms with Gasteiger partial charge < -0.3 is 14.6 Å². The van der Waals surface area contributed by atoms with E-state index >= 15 is 0 Å². The number of Topliss-reactive ketones (excluding diaryl/α,β-unsaturated/α-hetero) is 1. The fraction of sp³-hybridized carbons (Fsp3) is 0.226. The lowest BCUT2D eigenvalue weighted by Crippen LogP contribution is -2.29. The Balaban J connectivity index is 1.55. The minimum absolute atomic E-state index is 0.0837. The number of ketones is 1. The predicted molar refractivity (Wildman–Crippen MR) is 171 cm³/mol. The van der Waals surface area contributed by atoms with Crippen LogP contribution in [0.25, 0.3) is 5.76 Å². The van der Waals surface area contributed by atoms with Crippen LogP contribution in [0.2, 0.25) is 10.0 Å². The van der Waals surface area contributed by atoms with Gasteiger partial charge in [-0.2, -0.15) is 0 Å². The number of rotatable bonds is 11. The summed E-state index contributed by atoms with van der Waals surface area (Å²) in [6.07, 6.45) is 1.85. The molecule has 222 valence electrons. The van der Waals surface area contributed by atoms with E-state index in [1.54, 1.807) is 42.5 Å². The smallest absolute Gasteiger partial charge is 0.301 e. The van der Waals surface area contributed by atoms with Crippen molar-refractivity contribution in [2.24, 2.45) is 0 Å². The number of hydrogen-bond acceptors (Lipinski definition) is 9. The van der Waals surface area contributed by atoms with E-state index in [0.717, 1.165) is 18.4 Å². The lowest BCUT2D eigenvalue weighted by atomic mass is 9.95. The van der Waals surface area contributed by atoms with Gasteiger partial charge in [0.25, 0.3) is 5.78 Å². The molecule has 1 N–H and O–H groups in total. The molecule has 43 heavy (non-hydrogen) atoms. The molecule has 1 saturated heterocycles. The van der Waals surface area contributed by atoms with E-state index in [9.17, 15) is 14.7 Å². The Bertz CT molecular complexity index is 1660. The van der Waals surface area contributed by atoms with E-state index in [0.29, 0.717) is 49.4 Å². The normalized spacial score (nSPS) is 16.1. The van der Waals surface area contributed by atoms with Crippen molar-refractivity contribution >= 4 is 68.9 Å². The average molecular weight is 657 g/mol. The number of unbranched alkanes of at least 4 members (excludes halogenated alkanes) is 1. The summed E-state index contributed by atoms with van der Waals surface area (Å²) in [5, 5.41) is 21.3. The van der Waals surface area contributed by atoms with Crippen molar-refractivity contribution in [1.29, 1.82) is 0 Å². The molecule has 0 radical (unpaired) electrons. The van der Waals surface area contributed by atoms with Crippen LogP contribution in [0.1, 0.15) is 42.5 Å². The van der Waals surface area contributed by atoms with Gasteiger partial charge >= 0.3 is 5.91 Å². The van der Waals surface area contributed by atoms with Gasteiger partial charge in [0.2, 0.25) is 5.13 Å². The van der Waals surface area contributed by atoms with Crippen LogP contribution in [-0.4, -0.2) is 40.7 Å². The minimum atomic E-state index is -1.00. The summed E-state index contributed by atoms with van der Waals surface area (Å²) < 4.78 is 12.1. The van der Waals surface area contributed by atoms with Gasteiger partial charge in [-0.3, -0.25) is 14.5 Å². The van der Waals surface area contributed by atoms with Gasteiger partial charge in [0.15, 0.2) is 15.8 Å². The van der Waals surface area contributed by atoms with Crippen LogP contribution >= 0.6 is 46.3 Å². The van der Waals surface area contributed by atoms with Gasteiger partial charge in [0.1, 0.15) is 5.76 Å². The Morgan fingerprint density at radius 1 is 1.00 bits per heavy atom. The molecule has 1 aromatic heterocycles. The number of thioether (sulfide) groups is 1. The molecule has 0 bridgehead atoms. The van der Waals surface area contributed by atoms with Gasteiger partial charge in [-0.05, 0) is 66.1 Å². The Morgan fingerprint density at radius 3 is 2.37 bits per heavy atom. The fourth-order valence-electron chi connectivity index (χ4n) is 4.49. The van der Waals surface area contributed by atoms with Crippen LogP contribution in [0.15, 0.2) is 76.6 Å². The number of carbonyl (C=O) groups is 2. The van der Waals surface area contributed by atoms with Crippen molar-refractivity contribution < 1.29 is 24.2 Å². The summed E-state index contributed by atoms with van der Waals surface area (Å²) in [4.78, 5) is 28.4. The highest BCUT2D eigenvalue weighted by Gasteiger charge is 2.48. The average Bonchev–Trinajstić information content (AvgIpc) is 3.59. The van der Waals surface area contributed by atoms with Crippen molar-refractivity contribution in [3.05, 3.63) is 99.0 Å². The van der Waals surface area contributed by atoms with Crippen LogP contribution in [0.5, 0.6) is 11.5 Å².